The first-order valence-corrected chi connectivity index (χ1v) is 8.65. The van der Waals surface area contributed by atoms with E-state index in [0.717, 1.165) is 37.6 Å². The fourth-order valence-corrected chi connectivity index (χ4v) is 2.74. The van der Waals surface area contributed by atoms with Gasteiger partial charge in [-0.3, -0.25) is 4.99 Å². The monoisotopic (exact) mass is 370 g/mol. The van der Waals surface area contributed by atoms with Crippen LogP contribution >= 0.6 is 0 Å². The Balaban J connectivity index is 1.67. The van der Waals surface area contributed by atoms with E-state index in [0.29, 0.717) is 11.5 Å². The van der Waals surface area contributed by atoms with Gasteiger partial charge in [-0.2, -0.15) is 0 Å². The van der Waals surface area contributed by atoms with Crippen molar-refractivity contribution in [1.82, 2.24) is 0 Å². The van der Waals surface area contributed by atoms with Crippen LogP contribution in [0.25, 0.3) is 0 Å². The summed E-state index contributed by atoms with van der Waals surface area (Å²) in [7, 11) is 1.51. The molecule has 1 aliphatic rings. The molecule has 1 aliphatic heterocycles. The molecule has 0 saturated carbocycles. The van der Waals surface area contributed by atoms with Gasteiger partial charge in [0.05, 0.1) is 26.0 Å². The Labute approximate surface area is 157 Å². The van der Waals surface area contributed by atoms with E-state index in [9.17, 15) is 4.79 Å². The number of ether oxygens (including phenoxy) is 3. The number of carbonyl (C=O) groups is 1. The molecule has 1 heterocycles. The number of nitrogens with zero attached hydrogens (tertiary/aromatic N) is 2. The number of benzene rings is 2. The molecule has 3 rings (SSSR count). The van der Waals surface area contributed by atoms with Gasteiger partial charge in [0.2, 0.25) is 0 Å². The Morgan fingerprint density at radius 1 is 1.19 bits per heavy atom. The molecule has 0 aromatic heterocycles. The minimum absolute atomic E-state index is 0.381. The second-order valence-corrected chi connectivity index (χ2v) is 5.97. The normalized spacial score (nSPS) is 14.3. The van der Waals surface area contributed by atoms with Crippen LogP contribution in [0.15, 0.2) is 47.5 Å². The smallest absolute Gasteiger partial charge is 0.341 e. The lowest BCUT2D eigenvalue weighted by molar-refractivity contribution is -0.139. The van der Waals surface area contributed by atoms with Crippen LogP contribution in [0.5, 0.6) is 11.5 Å². The third kappa shape index (κ3) is 5.21. The van der Waals surface area contributed by atoms with Gasteiger partial charge >= 0.3 is 5.97 Å². The Bertz CT molecular complexity index is 799. The predicted octanol–water partition coefficient (Wildman–Crippen LogP) is 2.75. The number of methoxy groups -OCH3 is 1. The summed E-state index contributed by atoms with van der Waals surface area (Å²) in [5, 5.41) is 8.71. The van der Waals surface area contributed by atoms with Crippen molar-refractivity contribution in [3.8, 4) is 11.5 Å². The van der Waals surface area contributed by atoms with E-state index >= 15 is 0 Å². The highest BCUT2D eigenvalue weighted by Gasteiger charge is 2.10. The van der Waals surface area contributed by atoms with Crippen molar-refractivity contribution in [2.45, 2.75) is 0 Å². The SMILES string of the molecule is COc1cc(C=Nc2ccc(N3CCOCC3)cc2)ccc1OCC(=O)O. The average molecular weight is 370 g/mol. The molecule has 2 aromatic carbocycles. The number of carboxylic acids is 1. The first kappa shape index (κ1) is 18.7. The number of rotatable bonds is 7. The summed E-state index contributed by atoms with van der Waals surface area (Å²) in [5.74, 6) is -0.196. The summed E-state index contributed by atoms with van der Waals surface area (Å²) in [6.45, 7) is 2.90. The van der Waals surface area contributed by atoms with Gasteiger partial charge in [0.1, 0.15) is 0 Å². The van der Waals surface area contributed by atoms with Gasteiger partial charge in [0.25, 0.3) is 0 Å². The Morgan fingerprint density at radius 2 is 1.93 bits per heavy atom. The van der Waals surface area contributed by atoms with Crippen LogP contribution in [0.3, 0.4) is 0 Å². The molecule has 1 N–H and O–H groups in total. The number of aliphatic imine (C=N–C) groups is 1. The van der Waals surface area contributed by atoms with Crippen molar-refractivity contribution in [2.75, 3.05) is 44.9 Å². The second-order valence-electron chi connectivity index (χ2n) is 5.97. The largest absolute Gasteiger partial charge is 0.493 e. The third-order valence-corrected chi connectivity index (χ3v) is 4.13. The summed E-state index contributed by atoms with van der Waals surface area (Å²) in [4.78, 5) is 17.4. The maximum atomic E-state index is 10.6. The molecule has 0 spiro atoms. The van der Waals surface area contributed by atoms with Crippen LogP contribution in [-0.2, 0) is 9.53 Å². The van der Waals surface area contributed by atoms with Gasteiger partial charge in [0.15, 0.2) is 18.1 Å². The van der Waals surface area contributed by atoms with Crippen molar-refractivity contribution in [2.24, 2.45) is 4.99 Å². The molecule has 1 saturated heterocycles. The number of hydrogen-bond donors (Lipinski definition) is 1. The van der Waals surface area contributed by atoms with Gasteiger partial charge in [-0.1, -0.05) is 0 Å². The fraction of sp³-hybridized carbons (Fsp3) is 0.300. The number of anilines is 1. The average Bonchev–Trinajstić information content (AvgIpc) is 2.72. The van der Waals surface area contributed by atoms with Crippen molar-refractivity contribution in [3.63, 3.8) is 0 Å². The second kappa shape index (κ2) is 9.05. The number of morpholine rings is 1. The molecule has 0 radical (unpaired) electrons. The van der Waals surface area contributed by atoms with Gasteiger partial charge in [-0.15, -0.1) is 0 Å². The fourth-order valence-electron chi connectivity index (χ4n) is 2.74. The quantitative estimate of drug-likeness (QED) is 0.755. The first-order valence-electron chi connectivity index (χ1n) is 8.65. The highest BCUT2D eigenvalue weighted by atomic mass is 16.5. The molecular formula is C20H22N2O5. The van der Waals surface area contributed by atoms with Gasteiger partial charge < -0.3 is 24.2 Å². The molecule has 7 heteroatoms. The lowest BCUT2D eigenvalue weighted by Gasteiger charge is -2.28. The van der Waals surface area contributed by atoms with Crippen LogP contribution in [0.4, 0.5) is 11.4 Å². The first-order chi connectivity index (χ1) is 13.2. The number of hydrogen-bond acceptors (Lipinski definition) is 6. The molecule has 2 aromatic rings. The van der Waals surface area contributed by atoms with E-state index in [2.05, 4.69) is 22.0 Å². The Kier molecular flexibility index (Phi) is 6.27. The molecular weight excluding hydrogens is 348 g/mol. The molecule has 0 aliphatic carbocycles. The molecule has 0 amide bonds. The standard InChI is InChI=1S/C20H22N2O5/c1-25-19-12-15(2-7-18(19)27-14-20(23)24)13-21-16-3-5-17(6-4-16)22-8-10-26-11-9-22/h2-7,12-13H,8-11,14H2,1H3,(H,23,24). The van der Waals surface area contributed by atoms with Gasteiger partial charge in [-0.05, 0) is 48.0 Å². The zero-order valence-electron chi connectivity index (χ0n) is 15.1. The predicted molar refractivity (Wildman–Crippen MR) is 103 cm³/mol. The van der Waals surface area contributed by atoms with E-state index in [1.807, 2.05) is 12.1 Å². The lowest BCUT2D eigenvalue weighted by Crippen LogP contribution is -2.36. The molecule has 27 heavy (non-hydrogen) atoms. The van der Waals surface area contributed by atoms with E-state index in [1.165, 1.54) is 12.8 Å². The molecule has 7 nitrogen and oxygen atoms in total. The van der Waals surface area contributed by atoms with Crippen molar-refractivity contribution >= 4 is 23.6 Å². The van der Waals surface area contributed by atoms with E-state index in [4.69, 9.17) is 19.3 Å². The highest BCUT2D eigenvalue weighted by Crippen LogP contribution is 2.28. The zero-order chi connectivity index (χ0) is 19.1. The van der Waals surface area contributed by atoms with E-state index in [-0.39, 0.29) is 0 Å². The van der Waals surface area contributed by atoms with E-state index in [1.54, 1.807) is 24.4 Å². The summed E-state index contributed by atoms with van der Waals surface area (Å²) in [6, 6.07) is 13.3. The van der Waals surface area contributed by atoms with Gasteiger partial charge in [0, 0.05) is 25.0 Å². The van der Waals surface area contributed by atoms with E-state index < -0.39 is 12.6 Å². The third-order valence-electron chi connectivity index (χ3n) is 4.13. The van der Waals surface area contributed by atoms with Crippen LogP contribution in [0.2, 0.25) is 0 Å². The molecule has 1 fully saturated rings. The highest BCUT2D eigenvalue weighted by molar-refractivity contribution is 5.83. The summed E-state index contributed by atoms with van der Waals surface area (Å²) in [6.07, 6.45) is 1.73. The summed E-state index contributed by atoms with van der Waals surface area (Å²) in [5.41, 5.74) is 2.84. The summed E-state index contributed by atoms with van der Waals surface area (Å²) >= 11 is 0. The molecule has 142 valence electrons. The lowest BCUT2D eigenvalue weighted by atomic mass is 10.2. The topological polar surface area (TPSA) is 80.6 Å². The zero-order valence-corrected chi connectivity index (χ0v) is 15.1. The Hall–Kier alpha value is -3.06. The van der Waals surface area contributed by atoms with Crippen molar-refractivity contribution < 1.29 is 24.1 Å². The van der Waals surface area contributed by atoms with Crippen LogP contribution in [-0.4, -0.2) is 57.3 Å². The van der Waals surface area contributed by atoms with Gasteiger partial charge in [-0.25, -0.2) is 4.79 Å². The maximum absolute atomic E-state index is 10.6. The molecule has 0 atom stereocenters. The maximum Gasteiger partial charge on any atom is 0.341 e. The minimum atomic E-state index is -1.04. The molecule has 0 unspecified atom stereocenters. The van der Waals surface area contributed by atoms with Crippen LogP contribution in [0, 0.1) is 0 Å². The van der Waals surface area contributed by atoms with Crippen LogP contribution in [0.1, 0.15) is 5.56 Å². The van der Waals surface area contributed by atoms with Crippen LogP contribution < -0.4 is 14.4 Å². The number of carboxylic acid groups (broad SMARTS) is 1. The molecule has 0 bridgehead atoms. The number of aliphatic carboxylic acids is 1. The summed E-state index contributed by atoms with van der Waals surface area (Å²) < 4.78 is 15.8. The Morgan fingerprint density at radius 3 is 2.59 bits per heavy atom. The van der Waals surface area contributed by atoms with Crippen molar-refractivity contribution in [1.29, 1.82) is 0 Å². The minimum Gasteiger partial charge on any atom is -0.493 e. The van der Waals surface area contributed by atoms with Crippen molar-refractivity contribution in [3.05, 3.63) is 48.0 Å².